The second-order valence-corrected chi connectivity index (χ2v) is 5.33. The fourth-order valence-corrected chi connectivity index (χ4v) is 2.40. The van der Waals surface area contributed by atoms with Crippen LogP contribution in [0, 0.1) is 21.5 Å². The third-order valence-corrected chi connectivity index (χ3v) is 3.70. The van der Waals surface area contributed by atoms with Crippen LogP contribution in [0.2, 0.25) is 0 Å². The summed E-state index contributed by atoms with van der Waals surface area (Å²) in [6.45, 7) is 0. The summed E-state index contributed by atoms with van der Waals surface area (Å²) >= 11 is 10.1. The van der Waals surface area contributed by atoms with E-state index in [0.29, 0.717) is 0 Å². The topological polar surface area (TPSA) is 26.3 Å². The zero-order valence-corrected chi connectivity index (χ0v) is 16.7. The number of benzene rings is 2. The smallest absolute Gasteiger partial charge is 0.581 e. The fraction of sp³-hybridized carbons (Fsp3) is 0. The maximum Gasteiger partial charge on any atom is 2.00 e. The van der Waals surface area contributed by atoms with E-state index in [1.54, 1.807) is 12.1 Å². The van der Waals surface area contributed by atoms with E-state index in [0.717, 1.165) is 31.0 Å². The molecule has 0 saturated heterocycles. The van der Waals surface area contributed by atoms with Crippen molar-refractivity contribution in [3.8, 4) is 0 Å². The molecule has 0 aliphatic heterocycles. The molecule has 4 rings (SSSR count). The Morgan fingerprint density at radius 2 is 1.04 bits per heavy atom. The Bertz CT molecular complexity index is 942. The first kappa shape index (κ1) is 17.7. The Morgan fingerprint density at radius 3 is 1.43 bits per heavy atom. The fourth-order valence-electron chi connectivity index (χ4n) is 1.97. The summed E-state index contributed by atoms with van der Waals surface area (Å²) in [6.07, 6.45) is 5.25. The first-order valence-corrected chi connectivity index (χ1v) is 7.35. The van der Waals surface area contributed by atoms with Crippen LogP contribution >= 0.6 is 24.4 Å². The van der Waals surface area contributed by atoms with Gasteiger partial charge >= 0.3 is 19.5 Å². The quantitative estimate of drug-likeness (QED) is 0.212. The minimum absolute atomic E-state index is 0. The van der Waals surface area contributed by atoms with Crippen LogP contribution in [-0.4, -0.2) is 0 Å². The largest absolute Gasteiger partial charge is 2.00 e. The second-order valence-electron chi connectivity index (χ2n) is 4.45. The van der Waals surface area contributed by atoms with Crippen LogP contribution in [0.4, 0.5) is 0 Å². The molecule has 0 radical (unpaired) electrons. The molecule has 0 N–H and O–H groups in total. The number of hydrogen-bond donors (Lipinski definition) is 0. The van der Waals surface area contributed by atoms with Gasteiger partial charge in [0, 0.05) is 11.2 Å². The van der Waals surface area contributed by atoms with Gasteiger partial charge in [-0.25, -0.2) is 0 Å². The number of fused-ring (bicyclic) bond motifs is 2. The zero-order chi connectivity index (χ0) is 15.4. The van der Waals surface area contributed by atoms with Gasteiger partial charge in [0.2, 0.25) is 0 Å². The summed E-state index contributed by atoms with van der Waals surface area (Å²) in [7, 11) is 0. The molecule has 0 fully saturated rings. The third-order valence-electron chi connectivity index (χ3n) is 3.02. The molecule has 23 heavy (non-hydrogen) atoms. The molecule has 0 unspecified atom stereocenters. The Balaban J connectivity index is 0.000000160. The Kier molecular flexibility index (Phi) is 6.34. The third kappa shape index (κ3) is 4.20. The van der Waals surface area contributed by atoms with Crippen LogP contribution in [0.15, 0.2) is 69.5 Å². The Hall–Kier alpha value is -1.68. The van der Waals surface area contributed by atoms with E-state index >= 15 is 0 Å². The van der Waals surface area contributed by atoms with E-state index in [1.165, 1.54) is 0 Å². The van der Waals surface area contributed by atoms with Gasteiger partial charge in [0.1, 0.15) is 0 Å². The molecular formula is C18H10O2S2Zn. The molecule has 108 valence electrons. The number of rotatable bonds is 0. The van der Waals surface area contributed by atoms with Crippen molar-refractivity contribution in [1.29, 1.82) is 0 Å². The van der Waals surface area contributed by atoms with Crippen molar-refractivity contribution in [3.63, 3.8) is 0 Å². The van der Waals surface area contributed by atoms with Gasteiger partial charge in [0.15, 0.2) is 0 Å². The minimum Gasteiger partial charge on any atom is -0.581 e. The van der Waals surface area contributed by atoms with Gasteiger partial charge in [-0.05, 0) is 12.5 Å². The van der Waals surface area contributed by atoms with Crippen LogP contribution in [-0.2, 0) is 19.5 Å². The number of para-hydroxylation sites is 2. The normalized spacial score (nSPS) is 9.74. The van der Waals surface area contributed by atoms with Crippen LogP contribution < -0.4 is 0 Å². The standard InChI is InChI=1S/2C9H5OS.Zn/c2*11-9-5-6-10-8-4-2-1-3-7(8)9;/h2*1-5H;/q2*-1;+2. The van der Waals surface area contributed by atoms with Crippen LogP contribution in [0.3, 0.4) is 0 Å². The van der Waals surface area contributed by atoms with Gasteiger partial charge in [-0.15, -0.1) is 12.1 Å². The van der Waals surface area contributed by atoms with Gasteiger partial charge in [-0.1, -0.05) is 68.3 Å². The van der Waals surface area contributed by atoms with Crippen molar-refractivity contribution in [1.82, 2.24) is 0 Å². The van der Waals surface area contributed by atoms with Gasteiger partial charge in [0.05, 0.1) is 0 Å². The summed E-state index contributed by atoms with van der Waals surface area (Å²) in [4.78, 5) is 0. The van der Waals surface area contributed by atoms with Crippen molar-refractivity contribution in [2.24, 2.45) is 0 Å². The molecule has 4 aromatic rings. The van der Waals surface area contributed by atoms with E-state index in [-0.39, 0.29) is 19.5 Å². The van der Waals surface area contributed by atoms with E-state index in [2.05, 4.69) is 12.5 Å². The summed E-state index contributed by atoms with van der Waals surface area (Å²) in [5.41, 5.74) is 1.58. The van der Waals surface area contributed by atoms with Gasteiger partial charge in [-0.3, -0.25) is 0 Å². The molecule has 0 amide bonds. The van der Waals surface area contributed by atoms with Crippen LogP contribution in [0.1, 0.15) is 0 Å². The summed E-state index contributed by atoms with van der Waals surface area (Å²) in [5, 5.41) is 1.95. The molecule has 0 bridgehead atoms. The van der Waals surface area contributed by atoms with Crippen LogP contribution in [0.5, 0.6) is 0 Å². The van der Waals surface area contributed by atoms with Crippen molar-refractivity contribution < 1.29 is 28.3 Å². The van der Waals surface area contributed by atoms with E-state index < -0.39 is 0 Å². The predicted molar refractivity (Wildman–Crippen MR) is 91.8 cm³/mol. The predicted octanol–water partition coefficient (Wildman–Crippen LogP) is 5.92. The second kappa shape index (κ2) is 8.25. The van der Waals surface area contributed by atoms with E-state index in [9.17, 15) is 0 Å². The molecule has 0 saturated carbocycles. The van der Waals surface area contributed by atoms with Gasteiger partial charge < -0.3 is 8.83 Å². The summed E-state index contributed by atoms with van der Waals surface area (Å²) in [5.74, 6) is 0. The molecule has 5 heteroatoms. The molecule has 2 aromatic heterocycles. The Morgan fingerprint density at radius 1 is 0.652 bits per heavy atom. The van der Waals surface area contributed by atoms with Crippen LogP contribution in [0.25, 0.3) is 21.9 Å². The molecule has 2 nitrogen and oxygen atoms in total. The van der Waals surface area contributed by atoms with E-state index in [1.807, 2.05) is 48.5 Å². The molecule has 0 spiro atoms. The molecule has 0 aliphatic rings. The first-order valence-electron chi connectivity index (χ1n) is 6.53. The van der Waals surface area contributed by atoms with Crippen molar-refractivity contribution >= 4 is 46.4 Å². The average molecular weight is 388 g/mol. The summed E-state index contributed by atoms with van der Waals surface area (Å²) in [6, 6.07) is 18.7. The maximum absolute atomic E-state index is 5.10. The maximum atomic E-state index is 5.10. The molecule has 0 atom stereocenters. The monoisotopic (exact) mass is 386 g/mol. The minimum atomic E-state index is 0. The SMILES string of the molecule is S=c1c[c-]oc2ccccc12.S=c1c[c-]oc2ccccc12.[Zn+2]. The summed E-state index contributed by atoms with van der Waals surface area (Å²) < 4.78 is 11.8. The molecule has 2 aromatic carbocycles. The zero-order valence-electron chi connectivity index (χ0n) is 12.1. The van der Waals surface area contributed by atoms with E-state index in [4.69, 9.17) is 33.3 Å². The van der Waals surface area contributed by atoms with Crippen molar-refractivity contribution in [2.75, 3.05) is 0 Å². The molecule has 0 aliphatic carbocycles. The number of hydrogen-bond acceptors (Lipinski definition) is 4. The molecule has 2 heterocycles. The van der Waals surface area contributed by atoms with Crippen molar-refractivity contribution in [3.05, 3.63) is 82.2 Å². The molecular weight excluding hydrogens is 378 g/mol. The average Bonchev–Trinajstić information content (AvgIpc) is 2.57. The first-order chi connectivity index (χ1) is 10.8. The van der Waals surface area contributed by atoms with Gasteiger partial charge in [0.25, 0.3) is 0 Å². The Labute approximate surface area is 156 Å². The van der Waals surface area contributed by atoms with Gasteiger partial charge in [-0.2, -0.15) is 24.4 Å². The van der Waals surface area contributed by atoms with Crippen molar-refractivity contribution in [2.45, 2.75) is 0 Å².